The molecule has 76 valence electrons. The van der Waals surface area contributed by atoms with Gasteiger partial charge in [0.25, 0.3) is 0 Å². The van der Waals surface area contributed by atoms with Crippen LogP contribution in [0.25, 0.3) is 0 Å². The molecule has 0 aromatic carbocycles. The molecule has 1 aromatic rings. The Morgan fingerprint density at radius 1 is 1.64 bits per heavy atom. The zero-order valence-electron chi connectivity index (χ0n) is 7.77. The van der Waals surface area contributed by atoms with Crippen LogP contribution < -0.4 is 5.73 Å². The van der Waals surface area contributed by atoms with E-state index in [1.807, 2.05) is 0 Å². The number of nitrogens with two attached hydrogens (primary N) is 1. The van der Waals surface area contributed by atoms with Crippen molar-refractivity contribution in [2.24, 2.45) is 5.73 Å². The normalized spacial score (nSPS) is 9.79. The number of rotatable bonds is 4. The average Bonchev–Trinajstić information content (AvgIpc) is 2.51. The summed E-state index contributed by atoms with van der Waals surface area (Å²) in [6.07, 6.45) is 0.683. The van der Waals surface area contributed by atoms with Crippen LogP contribution >= 0.6 is 0 Å². The first-order chi connectivity index (χ1) is 6.61. The Morgan fingerprint density at radius 3 is 2.93 bits per heavy atom. The summed E-state index contributed by atoms with van der Waals surface area (Å²) in [6.45, 7) is 1.88. The van der Waals surface area contributed by atoms with E-state index in [0.29, 0.717) is 12.2 Å². The number of amides is 1. The third-order valence-electron chi connectivity index (χ3n) is 1.62. The first kappa shape index (κ1) is 10.2. The van der Waals surface area contributed by atoms with E-state index in [1.165, 1.54) is 17.8 Å². The Kier molecular flexibility index (Phi) is 3.22. The monoisotopic (exact) mass is 197 g/mol. The molecule has 0 aliphatic heterocycles. The van der Waals surface area contributed by atoms with Crippen molar-refractivity contribution in [1.29, 1.82) is 0 Å². The highest BCUT2D eigenvalue weighted by Gasteiger charge is 2.06. The molecule has 0 unspecified atom stereocenters. The molecule has 0 saturated carbocycles. The van der Waals surface area contributed by atoms with Gasteiger partial charge in [-0.2, -0.15) is 5.10 Å². The van der Waals surface area contributed by atoms with E-state index in [2.05, 4.69) is 9.84 Å². The fraction of sp³-hybridized carbons (Fsp3) is 0.375. The fourth-order valence-electron chi connectivity index (χ4n) is 1.04. The summed E-state index contributed by atoms with van der Waals surface area (Å²) in [6, 6.07) is 1.60. The van der Waals surface area contributed by atoms with Gasteiger partial charge in [-0.05, 0) is 6.07 Å². The smallest absolute Gasteiger partial charge is 0.404 e. The number of aromatic nitrogens is 2. The third kappa shape index (κ3) is 2.58. The lowest BCUT2D eigenvalue weighted by molar-refractivity contribution is 0.100. The van der Waals surface area contributed by atoms with Crippen molar-refractivity contribution in [2.45, 2.75) is 13.5 Å². The van der Waals surface area contributed by atoms with E-state index >= 15 is 0 Å². The zero-order chi connectivity index (χ0) is 10.6. The first-order valence-electron chi connectivity index (χ1n) is 4.06. The van der Waals surface area contributed by atoms with E-state index in [0.717, 1.165) is 0 Å². The summed E-state index contributed by atoms with van der Waals surface area (Å²) >= 11 is 0. The van der Waals surface area contributed by atoms with Gasteiger partial charge >= 0.3 is 6.09 Å². The van der Waals surface area contributed by atoms with Gasteiger partial charge in [0.1, 0.15) is 12.3 Å². The van der Waals surface area contributed by atoms with E-state index in [9.17, 15) is 9.59 Å². The standard InChI is InChI=1S/C8H11N3O3/c1-6(12)7-2-3-10-11(7)4-5-14-8(9)13/h2-3H,4-5H2,1H3,(H2,9,13). The van der Waals surface area contributed by atoms with E-state index in [-0.39, 0.29) is 12.4 Å². The predicted octanol–water partition coefficient (Wildman–Crippen LogP) is 0.181. The van der Waals surface area contributed by atoms with Gasteiger partial charge in [-0.3, -0.25) is 9.48 Å². The van der Waals surface area contributed by atoms with Crippen LogP contribution in [0.4, 0.5) is 4.79 Å². The Labute approximate surface area is 80.6 Å². The van der Waals surface area contributed by atoms with Crippen LogP contribution in [-0.2, 0) is 11.3 Å². The van der Waals surface area contributed by atoms with Gasteiger partial charge in [0, 0.05) is 13.1 Å². The van der Waals surface area contributed by atoms with Crippen LogP contribution in [0, 0.1) is 0 Å². The molecule has 6 heteroatoms. The molecule has 6 nitrogen and oxygen atoms in total. The summed E-state index contributed by atoms with van der Waals surface area (Å²) in [4.78, 5) is 21.3. The van der Waals surface area contributed by atoms with Crippen molar-refractivity contribution in [3.05, 3.63) is 18.0 Å². The second-order valence-corrected chi connectivity index (χ2v) is 2.66. The number of hydrogen-bond donors (Lipinski definition) is 1. The lowest BCUT2D eigenvalue weighted by Gasteiger charge is -2.04. The van der Waals surface area contributed by atoms with Crippen LogP contribution in [0.15, 0.2) is 12.3 Å². The number of hydrogen-bond acceptors (Lipinski definition) is 4. The molecule has 2 N–H and O–H groups in total. The molecule has 0 aliphatic carbocycles. The molecule has 14 heavy (non-hydrogen) atoms. The molecule has 0 radical (unpaired) electrons. The number of ketones is 1. The van der Waals surface area contributed by atoms with Crippen molar-refractivity contribution < 1.29 is 14.3 Å². The molecular weight excluding hydrogens is 186 g/mol. The second kappa shape index (κ2) is 4.40. The number of carbonyl (C=O) groups is 2. The minimum atomic E-state index is -0.832. The number of primary amides is 1. The molecule has 1 amide bonds. The lowest BCUT2D eigenvalue weighted by Crippen LogP contribution is -2.18. The second-order valence-electron chi connectivity index (χ2n) is 2.66. The highest BCUT2D eigenvalue weighted by atomic mass is 16.5. The van der Waals surface area contributed by atoms with Gasteiger partial charge in [0.2, 0.25) is 0 Å². The number of nitrogens with zero attached hydrogens (tertiary/aromatic N) is 2. The van der Waals surface area contributed by atoms with Crippen molar-refractivity contribution in [3.8, 4) is 0 Å². The molecule has 0 saturated heterocycles. The largest absolute Gasteiger partial charge is 0.448 e. The number of carbonyl (C=O) groups excluding carboxylic acids is 2. The highest BCUT2D eigenvalue weighted by molar-refractivity contribution is 5.92. The maximum Gasteiger partial charge on any atom is 0.404 e. The maximum atomic E-state index is 11.0. The first-order valence-corrected chi connectivity index (χ1v) is 4.06. The molecular formula is C8H11N3O3. The Hall–Kier alpha value is -1.85. The van der Waals surface area contributed by atoms with Gasteiger partial charge in [-0.25, -0.2) is 4.79 Å². The Morgan fingerprint density at radius 2 is 2.36 bits per heavy atom. The number of Topliss-reactive ketones (excluding diaryl/α,β-unsaturated/α-hetero) is 1. The summed E-state index contributed by atoms with van der Waals surface area (Å²) in [5.74, 6) is -0.0819. The van der Waals surface area contributed by atoms with Gasteiger partial charge in [-0.1, -0.05) is 0 Å². The Balaban J connectivity index is 2.54. The van der Waals surface area contributed by atoms with Crippen LogP contribution in [0.1, 0.15) is 17.4 Å². The molecule has 0 spiro atoms. The minimum absolute atomic E-state index is 0.0819. The number of ether oxygens (including phenoxy) is 1. The molecule has 0 fully saturated rings. The van der Waals surface area contributed by atoms with Gasteiger partial charge in [0.05, 0.1) is 6.54 Å². The van der Waals surface area contributed by atoms with Crippen molar-refractivity contribution in [3.63, 3.8) is 0 Å². The zero-order valence-corrected chi connectivity index (χ0v) is 7.77. The highest BCUT2D eigenvalue weighted by Crippen LogP contribution is 1.99. The molecule has 0 aliphatic rings. The van der Waals surface area contributed by atoms with Crippen LogP contribution in [0.3, 0.4) is 0 Å². The maximum absolute atomic E-state index is 11.0. The van der Waals surface area contributed by atoms with Crippen LogP contribution in [-0.4, -0.2) is 28.3 Å². The van der Waals surface area contributed by atoms with E-state index < -0.39 is 6.09 Å². The molecule has 1 aromatic heterocycles. The summed E-state index contributed by atoms with van der Waals surface area (Å²) < 4.78 is 5.98. The summed E-state index contributed by atoms with van der Waals surface area (Å²) in [5, 5.41) is 3.90. The molecule has 0 atom stereocenters. The lowest BCUT2D eigenvalue weighted by atomic mass is 10.3. The topological polar surface area (TPSA) is 87.2 Å². The van der Waals surface area contributed by atoms with Gasteiger partial charge < -0.3 is 10.5 Å². The summed E-state index contributed by atoms with van der Waals surface area (Å²) in [5.41, 5.74) is 5.26. The van der Waals surface area contributed by atoms with Gasteiger partial charge in [-0.15, -0.1) is 0 Å². The molecule has 1 heterocycles. The molecule has 0 bridgehead atoms. The predicted molar refractivity (Wildman–Crippen MR) is 47.8 cm³/mol. The average molecular weight is 197 g/mol. The minimum Gasteiger partial charge on any atom is -0.448 e. The van der Waals surface area contributed by atoms with Crippen molar-refractivity contribution >= 4 is 11.9 Å². The van der Waals surface area contributed by atoms with Crippen molar-refractivity contribution in [1.82, 2.24) is 9.78 Å². The van der Waals surface area contributed by atoms with E-state index in [1.54, 1.807) is 6.07 Å². The van der Waals surface area contributed by atoms with E-state index in [4.69, 9.17) is 5.73 Å². The van der Waals surface area contributed by atoms with Crippen LogP contribution in [0.2, 0.25) is 0 Å². The third-order valence-corrected chi connectivity index (χ3v) is 1.62. The summed E-state index contributed by atoms with van der Waals surface area (Å²) in [7, 11) is 0. The quantitative estimate of drug-likeness (QED) is 0.697. The van der Waals surface area contributed by atoms with Crippen molar-refractivity contribution in [2.75, 3.05) is 6.61 Å². The SMILES string of the molecule is CC(=O)c1ccnn1CCOC(N)=O. The van der Waals surface area contributed by atoms with Crippen LogP contribution in [0.5, 0.6) is 0 Å². The fourth-order valence-corrected chi connectivity index (χ4v) is 1.04. The molecule has 1 rings (SSSR count). The Bertz CT molecular complexity index is 345. The van der Waals surface area contributed by atoms with Gasteiger partial charge in [0.15, 0.2) is 5.78 Å².